The Labute approximate surface area is 208 Å². The highest BCUT2D eigenvalue weighted by molar-refractivity contribution is 6.09. The van der Waals surface area contributed by atoms with Crippen molar-refractivity contribution in [1.82, 2.24) is 34.9 Å². The Morgan fingerprint density at radius 2 is 1.86 bits per heavy atom. The molecule has 4 heterocycles. The van der Waals surface area contributed by atoms with Gasteiger partial charge in [0, 0.05) is 33.2 Å². The van der Waals surface area contributed by atoms with Crippen molar-refractivity contribution >= 4 is 34.7 Å². The molecule has 0 saturated carbocycles. The fourth-order valence-electron chi connectivity index (χ4n) is 5.52. The molecule has 36 heavy (non-hydrogen) atoms. The summed E-state index contributed by atoms with van der Waals surface area (Å²) in [4.78, 5) is 52.8. The maximum absolute atomic E-state index is 13.4. The van der Waals surface area contributed by atoms with Gasteiger partial charge in [-0.05, 0) is 42.9 Å². The third-order valence-electron chi connectivity index (χ3n) is 7.68. The fourth-order valence-corrected chi connectivity index (χ4v) is 5.52. The number of amides is 4. The zero-order valence-electron chi connectivity index (χ0n) is 20.4. The van der Waals surface area contributed by atoms with Gasteiger partial charge in [-0.15, -0.1) is 0 Å². The first-order chi connectivity index (χ1) is 17.3. The molecule has 1 unspecified atom stereocenters. The lowest BCUT2D eigenvalue weighted by Gasteiger charge is -2.36. The maximum Gasteiger partial charge on any atom is 0.325 e. The summed E-state index contributed by atoms with van der Waals surface area (Å²) in [7, 11) is 1.83. The minimum atomic E-state index is -1.17. The SMILES string of the molecule is Cn1ncc2c(N3CCN(C(=O)CN4C(=O)NC(C)(c5ccc6c(c5)CCC6)C4=O)CC3)ncnc21. The van der Waals surface area contributed by atoms with E-state index in [-0.39, 0.29) is 12.5 Å². The molecule has 0 radical (unpaired) electrons. The van der Waals surface area contributed by atoms with Crippen LogP contribution in [0.4, 0.5) is 10.6 Å². The Morgan fingerprint density at radius 3 is 2.67 bits per heavy atom. The molecule has 2 saturated heterocycles. The summed E-state index contributed by atoms with van der Waals surface area (Å²) in [6, 6.07) is 5.46. The highest BCUT2D eigenvalue weighted by Gasteiger charge is 2.50. The van der Waals surface area contributed by atoms with E-state index < -0.39 is 17.5 Å². The molecule has 11 heteroatoms. The lowest BCUT2D eigenvalue weighted by molar-refractivity contribution is -0.139. The highest BCUT2D eigenvalue weighted by atomic mass is 16.2. The topological polar surface area (TPSA) is 117 Å². The van der Waals surface area contributed by atoms with E-state index in [1.54, 1.807) is 22.7 Å². The fraction of sp³-hybridized carbons (Fsp3) is 0.440. The van der Waals surface area contributed by atoms with Crippen molar-refractivity contribution in [2.24, 2.45) is 7.05 Å². The van der Waals surface area contributed by atoms with Crippen LogP contribution in [0.2, 0.25) is 0 Å². The molecule has 3 aliphatic rings. The minimum absolute atomic E-state index is 0.245. The van der Waals surface area contributed by atoms with E-state index in [9.17, 15) is 14.4 Å². The normalized spacial score (nSPS) is 21.9. The van der Waals surface area contributed by atoms with Crippen molar-refractivity contribution in [3.8, 4) is 0 Å². The zero-order chi connectivity index (χ0) is 25.0. The van der Waals surface area contributed by atoms with Gasteiger partial charge in [0.15, 0.2) is 5.65 Å². The van der Waals surface area contributed by atoms with Gasteiger partial charge in [-0.2, -0.15) is 5.10 Å². The molecule has 3 aromatic rings. The molecular weight excluding hydrogens is 460 g/mol. The van der Waals surface area contributed by atoms with Crippen LogP contribution in [0.15, 0.2) is 30.7 Å². The number of hydrogen-bond acceptors (Lipinski definition) is 7. The number of piperazine rings is 1. The van der Waals surface area contributed by atoms with Gasteiger partial charge in [0.25, 0.3) is 5.91 Å². The number of carbonyl (C=O) groups is 3. The smallest absolute Gasteiger partial charge is 0.325 e. The van der Waals surface area contributed by atoms with Gasteiger partial charge < -0.3 is 15.1 Å². The molecule has 6 rings (SSSR count). The molecule has 2 aromatic heterocycles. The Bertz CT molecular complexity index is 1390. The summed E-state index contributed by atoms with van der Waals surface area (Å²) in [5.41, 5.74) is 2.88. The number of aryl methyl sites for hydroxylation is 3. The van der Waals surface area contributed by atoms with E-state index in [4.69, 9.17) is 0 Å². The molecule has 4 amide bonds. The van der Waals surface area contributed by atoms with Gasteiger partial charge in [-0.25, -0.2) is 14.8 Å². The van der Waals surface area contributed by atoms with E-state index in [1.807, 2.05) is 25.2 Å². The molecule has 0 bridgehead atoms. The van der Waals surface area contributed by atoms with Crippen molar-refractivity contribution < 1.29 is 14.4 Å². The Morgan fingerprint density at radius 1 is 1.08 bits per heavy atom. The van der Waals surface area contributed by atoms with Gasteiger partial charge in [0.1, 0.15) is 24.2 Å². The number of hydrogen-bond donors (Lipinski definition) is 1. The second kappa shape index (κ2) is 8.28. The number of nitrogens with zero attached hydrogens (tertiary/aromatic N) is 7. The first-order valence-corrected chi connectivity index (χ1v) is 12.3. The summed E-state index contributed by atoms with van der Waals surface area (Å²) >= 11 is 0. The molecule has 1 N–H and O–H groups in total. The second-order valence-corrected chi connectivity index (χ2v) is 9.85. The Hall–Kier alpha value is -4.02. The van der Waals surface area contributed by atoms with Gasteiger partial charge in [0.05, 0.1) is 11.6 Å². The van der Waals surface area contributed by atoms with Crippen molar-refractivity contribution in [2.75, 3.05) is 37.6 Å². The van der Waals surface area contributed by atoms with E-state index in [2.05, 4.69) is 25.3 Å². The summed E-state index contributed by atoms with van der Waals surface area (Å²) in [6.07, 6.45) is 6.40. The lowest BCUT2D eigenvalue weighted by Crippen LogP contribution is -2.52. The van der Waals surface area contributed by atoms with E-state index in [1.165, 1.54) is 17.5 Å². The third kappa shape index (κ3) is 3.49. The molecule has 186 valence electrons. The number of benzene rings is 1. The van der Waals surface area contributed by atoms with Crippen molar-refractivity contribution in [3.05, 3.63) is 47.4 Å². The van der Waals surface area contributed by atoms with Crippen LogP contribution in [-0.4, -0.2) is 80.1 Å². The minimum Gasteiger partial charge on any atom is -0.352 e. The van der Waals surface area contributed by atoms with Gasteiger partial charge in [-0.3, -0.25) is 19.2 Å². The largest absolute Gasteiger partial charge is 0.352 e. The van der Waals surface area contributed by atoms with E-state index in [0.29, 0.717) is 26.2 Å². The van der Waals surface area contributed by atoms with Gasteiger partial charge >= 0.3 is 6.03 Å². The maximum atomic E-state index is 13.4. The molecule has 11 nitrogen and oxygen atoms in total. The summed E-state index contributed by atoms with van der Waals surface area (Å²) in [6.45, 7) is 3.55. The molecule has 1 atom stereocenters. The number of nitrogens with one attached hydrogen (secondary N) is 1. The zero-order valence-corrected chi connectivity index (χ0v) is 20.4. The lowest BCUT2D eigenvalue weighted by atomic mass is 9.89. The number of aromatic nitrogens is 4. The van der Waals surface area contributed by atoms with E-state index >= 15 is 0 Å². The van der Waals surface area contributed by atoms with Crippen LogP contribution in [-0.2, 0) is 35.0 Å². The van der Waals surface area contributed by atoms with Crippen molar-refractivity contribution in [2.45, 2.75) is 31.7 Å². The Balaban J connectivity index is 1.12. The number of fused-ring (bicyclic) bond motifs is 2. The van der Waals surface area contributed by atoms with Crippen molar-refractivity contribution in [3.63, 3.8) is 0 Å². The number of carbonyl (C=O) groups excluding carboxylic acids is 3. The molecule has 0 spiro atoms. The first-order valence-electron chi connectivity index (χ1n) is 12.3. The van der Waals surface area contributed by atoms with Crippen LogP contribution in [0.5, 0.6) is 0 Å². The highest BCUT2D eigenvalue weighted by Crippen LogP contribution is 2.32. The van der Waals surface area contributed by atoms with Crippen LogP contribution in [0.1, 0.15) is 30.0 Å². The predicted octanol–water partition coefficient (Wildman–Crippen LogP) is 0.968. The predicted molar refractivity (Wildman–Crippen MR) is 131 cm³/mol. The second-order valence-electron chi connectivity index (χ2n) is 9.85. The summed E-state index contributed by atoms with van der Waals surface area (Å²) < 4.78 is 1.70. The quantitative estimate of drug-likeness (QED) is 0.544. The third-order valence-corrected chi connectivity index (χ3v) is 7.68. The molecule has 1 aromatic carbocycles. The number of rotatable bonds is 4. The molecular formula is C25H28N8O3. The average Bonchev–Trinajstić information content (AvgIpc) is 3.57. The van der Waals surface area contributed by atoms with Crippen LogP contribution in [0, 0.1) is 0 Å². The summed E-state index contributed by atoms with van der Waals surface area (Å²) in [5.74, 6) is 0.155. The monoisotopic (exact) mass is 488 g/mol. The number of anilines is 1. The molecule has 1 aliphatic carbocycles. The average molecular weight is 489 g/mol. The van der Waals surface area contributed by atoms with Gasteiger partial charge in [0.2, 0.25) is 5.91 Å². The van der Waals surface area contributed by atoms with Crippen molar-refractivity contribution in [1.29, 1.82) is 0 Å². The van der Waals surface area contributed by atoms with Crippen LogP contribution >= 0.6 is 0 Å². The molecule has 2 fully saturated rings. The van der Waals surface area contributed by atoms with Gasteiger partial charge in [-0.1, -0.05) is 18.2 Å². The standard InChI is InChI=1S/C25H28N8O3/c1-25(18-7-6-16-4-3-5-17(16)12-18)23(35)33(24(36)29-25)14-20(34)31-8-10-32(11-9-31)22-19-13-28-30(2)21(19)26-15-27-22/h6-7,12-13,15H,3-5,8-11,14H2,1-2H3,(H,29,36). The Kier molecular flexibility index (Phi) is 5.16. The first kappa shape index (κ1) is 22.4. The van der Waals surface area contributed by atoms with Crippen LogP contribution < -0.4 is 10.2 Å². The number of imide groups is 1. The van der Waals surface area contributed by atoms with Crippen LogP contribution in [0.25, 0.3) is 11.0 Å². The molecule has 2 aliphatic heterocycles. The van der Waals surface area contributed by atoms with Crippen LogP contribution in [0.3, 0.4) is 0 Å². The number of urea groups is 1. The summed E-state index contributed by atoms with van der Waals surface area (Å²) in [5, 5.41) is 7.96. The van der Waals surface area contributed by atoms with E-state index in [0.717, 1.165) is 46.6 Å².